The van der Waals surface area contributed by atoms with E-state index in [4.69, 9.17) is 10.5 Å². The summed E-state index contributed by atoms with van der Waals surface area (Å²) < 4.78 is 20.2. The molecule has 9 nitrogen and oxygen atoms in total. The van der Waals surface area contributed by atoms with Crippen molar-refractivity contribution in [3.05, 3.63) is 58.5 Å². The van der Waals surface area contributed by atoms with E-state index in [1.54, 1.807) is 0 Å². The Balaban J connectivity index is 1.22. The number of carboxylic acid groups (broad SMARTS) is 1. The van der Waals surface area contributed by atoms with Crippen LogP contribution >= 0.6 is 0 Å². The first kappa shape index (κ1) is 26.5. The number of amides is 2. The van der Waals surface area contributed by atoms with Crippen molar-refractivity contribution in [2.45, 2.75) is 62.8 Å². The maximum atomic E-state index is 14.6. The van der Waals surface area contributed by atoms with Crippen molar-refractivity contribution < 1.29 is 28.6 Å². The number of pyridine rings is 1. The van der Waals surface area contributed by atoms with E-state index in [1.165, 1.54) is 17.7 Å². The Hall–Kier alpha value is -3.53. The highest BCUT2D eigenvalue weighted by Gasteiger charge is 2.55. The first-order valence-electron chi connectivity index (χ1n) is 12.7. The van der Waals surface area contributed by atoms with E-state index < -0.39 is 35.1 Å². The molecular formula is C27H33FN4O5. The summed E-state index contributed by atoms with van der Waals surface area (Å²) in [5.74, 6) is -2.39. The number of rotatable bonds is 13. The summed E-state index contributed by atoms with van der Waals surface area (Å²) in [5.41, 5.74) is 6.25. The Kier molecular flexibility index (Phi) is 8.38. The summed E-state index contributed by atoms with van der Waals surface area (Å²) >= 11 is 0. The zero-order chi connectivity index (χ0) is 26.4. The van der Waals surface area contributed by atoms with Crippen molar-refractivity contribution >= 4 is 23.6 Å². The van der Waals surface area contributed by atoms with Gasteiger partial charge in [-0.3, -0.25) is 9.59 Å². The number of aryl methyl sites for hydroxylation is 2. The normalized spacial score (nSPS) is 16.2. The third-order valence-corrected chi connectivity index (χ3v) is 7.02. The predicted molar refractivity (Wildman–Crippen MR) is 135 cm³/mol. The first-order chi connectivity index (χ1) is 17.8. The Morgan fingerprint density at radius 1 is 1.19 bits per heavy atom. The molecular weight excluding hydrogens is 479 g/mol. The minimum atomic E-state index is -1.29. The van der Waals surface area contributed by atoms with E-state index >= 15 is 0 Å². The zero-order valence-electron chi connectivity index (χ0n) is 20.7. The van der Waals surface area contributed by atoms with Crippen LogP contribution in [0.3, 0.4) is 0 Å². The maximum absolute atomic E-state index is 14.6. The monoisotopic (exact) mass is 512 g/mol. The second-order valence-corrected chi connectivity index (χ2v) is 9.67. The molecule has 5 N–H and O–H groups in total. The van der Waals surface area contributed by atoms with Gasteiger partial charge in [-0.1, -0.05) is 12.1 Å². The van der Waals surface area contributed by atoms with Crippen molar-refractivity contribution in [2.75, 3.05) is 25.1 Å². The molecule has 0 saturated heterocycles. The highest BCUT2D eigenvalue weighted by Crippen LogP contribution is 2.50. The van der Waals surface area contributed by atoms with Crippen LogP contribution in [0.25, 0.3) is 0 Å². The smallest absolute Gasteiger partial charge is 0.326 e. The molecule has 198 valence electrons. The van der Waals surface area contributed by atoms with Crippen LogP contribution in [0.1, 0.15) is 65.7 Å². The number of benzene rings is 1. The van der Waals surface area contributed by atoms with Crippen LogP contribution in [-0.2, 0) is 32.6 Å². The number of nitrogens with two attached hydrogens (primary N) is 1. The van der Waals surface area contributed by atoms with Crippen LogP contribution < -0.4 is 16.4 Å². The van der Waals surface area contributed by atoms with E-state index in [9.17, 15) is 23.9 Å². The molecule has 1 fully saturated rings. The lowest BCUT2D eigenvalue weighted by molar-refractivity contribution is -0.142. The topological polar surface area (TPSA) is 144 Å². The van der Waals surface area contributed by atoms with Crippen LogP contribution in [0, 0.1) is 5.82 Å². The van der Waals surface area contributed by atoms with E-state index in [1.807, 2.05) is 0 Å². The van der Waals surface area contributed by atoms with E-state index in [-0.39, 0.29) is 24.2 Å². The fraction of sp³-hybridized carbons (Fsp3) is 0.481. The highest BCUT2D eigenvalue weighted by atomic mass is 19.1. The number of ether oxygens (including phenoxy) is 1. The first-order valence-corrected chi connectivity index (χ1v) is 12.7. The molecule has 1 aromatic heterocycles. The summed E-state index contributed by atoms with van der Waals surface area (Å²) in [6.45, 7) is 1.57. The molecule has 1 saturated carbocycles. The van der Waals surface area contributed by atoms with Crippen LogP contribution in [0.5, 0.6) is 0 Å². The standard InChI is InChI=1S/C27H33FN4O5/c28-20-8-3-7-19(23(29)33)22(20)27(12-13-27)26(36)32-21(25(34)35)11-16-37-15-2-1-6-18-10-9-17-5-4-14-30-24(17)31-18/h3,7-10,21H,1-2,4-6,11-16H2,(H2,29,33)(H,30,31)(H,32,36)(H,34,35)/t21-/m0/s1. The van der Waals surface area contributed by atoms with Gasteiger partial charge in [0.25, 0.3) is 0 Å². The molecule has 2 aromatic rings. The Labute approximate surface area is 215 Å². The summed E-state index contributed by atoms with van der Waals surface area (Å²) in [4.78, 5) is 41.3. The number of hydrogen-bond acceptors (Lipinski definition) is 6. The summed E-state index contributed by atoms with van der Waals surface area (Å²) in [7, 11) is 0. The Morgan fingerprint density at radius 3 is 2.73 bits per heavy atom. The van der Waals surface area contributed by atoms with Gasteiger partial charge in [0, 0.05) is 43.0 Å². The molecule has 2 aliphatic rings. The average Bonchev–Trinajstić information content (AvgIpc) is 3.68. The largest absolute Gasteiger partial charge is 0.480 e. The maximum Gasteiger partial charge on any atom is 0.326 e. The molecule has 1 atom stereocenters. The number of carboxylic acids is 1. The lowest BCUT2D eigenvalue weighted by atomic mass is 9.89. The number of carbonyl (C=O) groups is 3. The van der Waals surface area contributed by atoms with Gasteiger partial charge in [-0.2, -0.15) is 0 Å². The fourth-order valence-corrected chi connectivity index (χ4v) is 4.81. The molecule has 2 amide bonds. The second kappa shape index (κ2) is 11.7. The van der Waals surface area contributed by atoms with Gasteiger partial charge in [0.15, 0.2) is 0 Å². The average molecular weight is 513 g/mol. The number of halogens is 1. The van der Waals surface area contributed by atoms with Gasteiger partial charge in [0.2, 0.25) is 11.8 Å². The molecule has 0 radical (unpaired) electrons. The molecule has 0 unspecified atom stereocenters. The molecule has 37 heavy (non-hydrogen) atoms. The lowest BCUT2D eigenvalue weighted by Gasteiger charge is -2.22. The number of nitrogens with one attached hydrogen (secondary N) is 2. The number of anilines is 1. The summed E-state index contributed by atoms with van der Waals surface area (Å²) in [6, 6.07) is 6.89. The summed E-state index contributed by atoms with van der Waals surface area (Å²) in [5, 5.41) is 15.4. The van der Waals surface area contributed by atoms with Gasteiger partial charge in [0.1, 0.15) is 17.7 Å². The number of primary amides is 1. The number of aromatic nitrogens is 1. The van der Waals surface area contributed by atoms with Crippen LogP contribution in [0.2, 0.25) is 0 Å². The van der Waals surface area contributed by atoms with Crippen LogP contribution in [-0.4, -0.2) is 53.7 Å². The predicted octanol–water partition coefficient (Wildman–Crippen LogP) is 2.71. The van der Waals surface area contributed by atoms with Crippen LogP contribution in [0.15, 0.2) is 30.3 Å². The molecule has 1 aliphatic carbocycles. The minimum Gasteiger partial charge on any atom is -0.480 e. The van der Waals surface area contributed by atoms with Gasteiger partial charge in [-0.15, -0.1) is 0 Å². The van der Waals surface area contributed by atoms with E-state index in [0.717, 1.165) is 56.2 Å². The van der Waals surface area contributed by atoms with Crippen molar-refractivity contribution in [3.8, 4) is 0 Å². The van der Waals surface area contributed by atoms with Gasteiger partial charge in [-0.25, -0.2) is 14.2 Å². The molecule has 4 rings (SSSR count). The number of carbonyl (C=O) groups excluding carboxylic acids is 2. The third-order valence-electron chi connectivity index (χ3n) is 7.02. The van der Waals surface area contributed by atoms with E-state index in [2.05, 4.69) is 27.8 Å². The quantitative estimate of drug-likeness (QED) is 0.302. The van der Waals surface area contributed by atoms with Gasteiger partial charge >= 0.3 is 5.97 Å². The fourth-order valence-electron chi connectivity index (χ4n) is 4.81. The second-order valence-electron chi connectivity index (χ2n) is 9.67. The Bertz CT molecular complexity index is 1170. The molecule has 1 aliphatic heterocycles. The number of unbranched alkanes of at least 4 members (excludes halogenated alkanes) is 1. The minimum absolute atomic E-state index is 0.0646. The SMILES string of the molecule is NC(=O)c1cccc(F)c1C1(C(=O)N[C@@H](CCOCCCCc2ccc3c(n2)NCCC3)C(=O)O)CC1. The zero-order valence-corrected chi connectivity index (χ0v) is 20.7. The number of fused-ring (bicyclic) bond motifs is 1. The third kappa shape index (κ3) is 6.25. The molecule has 0 spiro atoms. The highest BCUT2D eigenvalue weighted by molar-refractivity contribution is 6.00. The van der Waals surface area contributed by atoms with Crippen molar-refractivity contribution in [1.29, 1.82) is 0 Å². The lowest BCUT2D eigenvalue weighted by Crippen LogP contribution is -2.46. The Morgan fingerprint density at radius 2 is 2.00 bits per heavy atom. The van der Waals surface area contributed by atoms with Gasteiger partial charge in [-0.05, 0) is 68.7 Å². The van der Waals surface area contributed by atoms with Gasteiger partial charge < -0.3 is 26.2 Å². The van der Waals surface area contributed by atoms with Crippen LogP contribution in [0.4, 0.5) is 10.2 Å². The number of nitrogens with zero attached hydrogens (tertiary/aromatic N) is 1. The molecule has 2 heterocycles. The molecule has 10 heteroatoms. The van der Waals surface area contributed by atoms with Crippen molar-refractivity contribution in [1.82, 2.24) is 10.3 Å². The number of hydrogen-bond donors (Lipinski definition) is 4. The van der Waals surface area contributed by atoms with Crippen molar-refractivity contribution in [3.63, 3.8) is 0 Å². The van der Waals surface area contributed by atoms with Crippen molar-refractivity contribution in [2.24, 2.45) is 5.73 Å². The number of aliphatic carboxylic acids is 1. The summed E-state index contributed by atoms with van der Waals surface area (Å²) in [6.07, 6.45) is 5.36. The molecule has 1 aromatic carbocycles. The molecule has 0 bridgehead atoms. The van der Waals surface area contributed by atoms with Gasteiger partial charge in [0.05, 0.1) is 5.41 Å². The van der Waals surface area contributed by atoms with E-state index in [0.29, 0.717) is 19.4 Å².